The highest BCUT2D eigenvalue weighted by Crippen LogP contribution is 2.44. The SMILES string of the molecule is c1ccc(-c2ccc(-c3ccc(N(c4ccc(-c5cccc(-c6cccc7c6oc6ccccc67)c5)cc4)c4ccccc4-c4ccccc4)cc3)c(-n3c4ccccc4c4ccccc43)c2)cc1. The average Bonchev–Trinajstić information content (AvgIpc) is 3.98. The van der Waals surface area contributed by atoms with Crippen molar-refractivity contribution in [1.82, 2.24) is 4.57 Å². The number of hydrogen-bond donors (Lipinski definition) is 0. The summed E-state index contributed by atoms with van der Waals surface area (Å²) in [5.41, 5.74) is 20.0. The van der Waals surface area contributed by atoms with Crippen LogP contribution < -0.4 is 4.90 Å². The van der Waals surface area contributed by atoms with E-state index in [1.54, 1.807) is 0 Å². The van der Waals surface area contributed by atoms with E-state index in [4.69, 9.17) is 4.42 Å². The van der Waals surface area contributed by atoms with Gasteiger partial charge >= 0.3 is 0 Å². The lowest BCUT2D eigenvalue weighted by atomic mass is 9.96. The van der Waals surface area contributed by atoms with Crippen LogP contribution in [0, 0.1) is 0 Å². The summed E-state index contributed by atoms with van der Waals surface area (Å²) >= 11 is 0. The Hall–Kier alpha value is -9.18. The minimum absolute atomic E-state index is 0.904. The molecule has 2 heterocycles. The van der Waals surface area contributed by atoms with Gasteiger partial charge in [0.1, 0.15) is 11.2 Å². The van der Waals surface area contributed by atoms with Crippen LogP contribution in [0.25, 0.3) is 105 Å². The Morgan fingerprint density at radius 1 is 0.290 bits per heavy atom. The molecule has 2 aromatic heterocycles. The van der Waals surface area contributed by atoms with Crippen molar-refractivity contribution < 1.29 is 4.42 Å². The molecule has 69 heavy (non-hydrogen) atoms. The van der Waals surface area contributed by atoms with Gasteiger partial charge in [-0.15, -0.1) is 0 Å². The van der Waals surface area contributed by atoms with Gasteiger partial charge in [-0.25, -0.2) is 0 Å². The fourth-order valence-corrected chi connectivity index (χ4v) is 10.3. The molecule has 0 radical (unpaired) electrons. The summed E-state index contributed by atoms with van der Waals surface area (Å²) in [5, 5.41) is 4.75. The van der Waals surface area contributed by atoms with E-state index in [1.807, 2.05) is 12.1 Å². The number of fused-ring (bicyclic) bond motifs is 6. The molecule has 0 N–H and O–H groups in total. The largest absolute Gasteiger partial charge is 0.455 e. The molecule has 0 aliphatic rings. The second kappa shape index (κ2) is 16.9. The zero-order valence-corrected chi connectivity index (χ0v) is 37.7. The Labute approximate surface area is 401 Å². The van der Waals surface area contributed by atoms with Gasteiger partial charge in [-0.1, -0.05) is 206 Å². The van der Waals surface area contributed by atoms with Gasteiger partial charge in [0.15, 0.2) is 0 Å². The van der Waals surface area contributed by atoms with E-state index >= 15 is 0 Å². The fraction of sp³-hybridized carbons (Fsp3) is 0. The number of aromatic nitrogens is 1. The molecule has 13 aromatic rings. The molecular formula is C66H44N2O. The molecule has 0 aliphatic carbocycles. The number of nitrogens with zero attached hydrogens (tertiary/aromatic N) is 2. The van der Waals surface area contributed by atoms with Crippen LogP contribution in [0.3, 0.4) is 0 Å². The monoisotopic (exact) mass is 880 g/mol. The molecule has 0 atom stereocenters. The van der Waals surface area contributed by atoms with Crippen LogP contribution >= 0.6 is 0 Å². The van der Waals surface area contributed by atoms with E-state index in [1.165, 1.54) is 32.9 Å². The lowest BCUT2D eigenvalue weighted by Crippen LogP contribution is -2.11. The summed E-state index contributed by atoms with van der Waals surface area (Å²) < 4.78 is 8.90. The minimum Gasteiger partial charge on any atom is -0.455 e. The van der Waals surface area contributed by atoms with E-state index in [2.05, 4.69) is 264 Å². The highest BCUT2D eigenvalue weighted by atomic mass is 16.3. The van der Waals surface area contributed by atoms with Crippen LogP contribution in [-0.4, -0.2) is 4.57 Å². The molecule has 3 nitrogen and oxygen atoms in total. The zero-order valence-electron chi connectivity index (χ0n) is 37.7. The highest BCUT2D eigenvalue weighted by Gasteiger charge is 2.20. The Morgan fingerprint density at radius 3 is 1.49 bits per heavy atom. The Morgan fingerprint density at radius 2 is 0.768 bits per heavy atom. The molecule has 0 aliphatic heterocycles. The standard InChI is InChI=1S/C66H44N2O/c1-3-17-45(18-4-1)50-37-42-55(64(44-50)68-62-30-12-8-24-57(62)58-25-9-13-31-63(58)68)48-35-40-53(41-36-48)67(61-29-11-7-23-54(61)47-19-5-2-6-20-47)52-38-33-46(34-39-52)49-21-15-22-51(43-49)56-27-16-28-60-59-26-10-14-32-65(59)69-66(56)60/h1-44H. The van der Waals surface area contributed by atoms with Crippen molar-refractivity contribution in [2.75, 3.05) is 4.90 Å². The number of benzene rings is 11. The van der Waals surface area contributed by atoms with E-state index in [9.17, 15) is 0 Å². The maximum absolute atomic E-state index is 6.45. The first-order valence-corrected chi connectivity index (χ1v) is 23.6. The number of para-hydroxylation sites is 5. The molecule has 0 fully saturated rings. The summed E-state index contributed by atoms with van der Waals surface area (Å²) in [7, 11) is 0. The van der Waals surface area contributed by atoms with Gasteiger partial charge in [0.25, 0.3) is 0 Å². The van der Waals surface area contributed by atoms with Crippen LogP contribution in [0.2, 0.25) is 0 Å². The quantitative estimate of drug-likeness (QED) is 0.144. The van der Waals surface area contributed by atoms with Crippen LogP contribution in [-0.2, 0) is 0 Å². The first-order chi connectivity index (χ1) is 34.2. The highest BCUT2D eigenvalue weighted by molar-refractivity contribution is 6.11. The Kier molecular flexibility index (Phi) is 9.84. The molecule has 0 bridgehead atoms. The molecule has 3 heteroatoms. The van der Waals surface area contributed by atoms with Crippen LogP contribution in [0.15, 0.2) is 271 Å². The van der Waals surface area contributed by atoms with Crippen molar-refractivity contribution in [3.63, 3.8) is 0 Å². The number of rotatable bonds is 9. The van der Waals surface area contributed by atoms with Crippen molar-refractivity contribution in [2.24, 2.45) is 0 Å². The smallest absolute Gasteiger partial charge is 0.143 e. The Bertz CT molecular complexity index is 3940. The van der Waals surface area contributed by atoms with Gasteiger partial charge in [0.2, 0.25) is 0 Å². The molecule has 0 saturated heterocycles. The van der Waals surface area contributed by atoms with Gasteiger partial charge in [-0.05, 0) is 99.6 Å². The second-order valence-corrected chi connectivity index (χ2v) is 17.6. The van der Waals surface area contributed by atoms with Gasteiger partial charge in [0.05, 0.1) is 22.4 Å². The fourth-order valence-electron chi connectivity index (χ4n) is 10.3. The van der Waals surface area contributed by atoms with Crippen molar-refractivity contribution >= 4 is 60.8 Å². The molecule has 13 rings (SSSR count). The second-order valence-electron chi connectivity index (χ2n) is 17.6. The summed E-state index contributed by atoms with van der Waals surface area (Å²) in [6, 6.07) is 96.1. The van der Waals surface area contributed by atoms with Crippen LogP contribution in [0.5, 0.6) is 0 Å². The normalized spacial score (nSPS) is 11.5. The lowest BCUT2D eigenvalue weighted by Gasteiger charge is -2.28. The van der Waals surface area contributed by atoms with E-state index in [0.717, 1.165) is 89.2 Å². The van der Waals surface area contributed by atoms with E-state index in [0.29, 0.717) is 0 Å². The van der Waals surface area contributed by atoms with Crippen molar-refractivity contribution in [2.45, 2.75) is 0 Å². The summed E-state index contributed by atoms with van der Waals surface area (Å²) in [6.07, 6.45) is 0. The van der Waals surface area contributed by atoms with Gasteiger partial charge in [-0.3, -0.25) is 0 Å². The molecule has 0 unspecified atom stereocenters. The van der Waals surface area contributed by atoms with Gasteiger partial charge in [-0.2, -0.15) is 0 Å². The molecule has 324 valence electrons. The van der Waals surface area contributed by atoms with E-state index < -0.39 is 0 Å². The zero-order chi connectivity index (χ0) is 45.7. The molecule has 11 aromatic carbocycles. The van der Waals surface area contributed by atoms with Crippen molar-refractivity contribution in [1.29, 1.82) is 0 Å². The average molecular weight is 881 g/mol. The topological polar surface area (TPSA) is 21.3 Å². The summed E-state index contributed by atoms with van der Waals surface area (Å²) in [4.78, 5) is 2.39. The summed E-state index contributed by atoms with van der Waals surface area (Å²) in [6.45, 7) is 0. The van der Waals surface area contributed by atoms with Crippen LogP contribution in [0.4, 0.5) is 17.1 Å². The third-order valence-corrected chi connectivity index (χ3v) is 13.6. The van der Waals surface area contributed by atoms with Crippen molar-refractivity contribution in [3.05, 3.63) is 267 Å². The third kappa shape index (κ3) is 7.08. The van der Waals surface area contributed by atoms with Crippen molar-refractivity contribution in [3.8, 4) is 61.3 Å². The third-order valence-electron chi connectivity index (χ3n) is 13.6. The van der Waals surface area contributed by atoms with Gasteiger partial charge < -0.3 is 13.9 Å². The van der Waals surface area contributed by atoms with Crippen LogP contribution in [0.1, 0.15) is 0 Å². The molecule has 0 spiro atoms. The molecule has 0 saturated carbocycles. The summed E-state index contributed by atoms with van der Waals surface area (Å²) in [5.74, 6) is 0. The Balaban J connectivity index is 0.920. The first-order valence-electron chi connectivity index (χ1n) is 23.6. The molecular weight excluding hydrogens is 837 g/mol. The maximum Gasteiger partial charge on any atom is 0.143 e. The van der Waals surface area contributed by atoms with E-state index in [-0.39, 0.29) is 0 Å². The predicted octanol–water partition coefficient (Wildman–Crippen LogP) is 18.5. The molecule has 0 amide bonds. The number of furan rings is 1. The minimum atomic E-state index is 0.904. The lowest BCUT2D eigenvalue weighted by molar-refractivity contribution is 0.670. The number of hydrogen-bond acceptors (Lipinski definition) is 2. The maximum atomic E-state index is 6.45. The number of anilines is 3. The van der Waals surface area contributed by atoms with Gasteiger partial charge in [0, 0.05) is 49.6 Å². The first kappa shape index (κ1) is 40.1. The predicted molar refractivity (Wildman–Crippen MR) is 290 cm³/mol.